The first kappa shape index (κ1) is 12.0. The molecular formula is C17H16N2. The zero-order chi connectivity index (χ0) is 13.2. The topological polar surface area (TPSA) is 26.8 Å². The van der Waals surface area contributed by atoms with Crippen LogP contribution in [0.1, 0.15) is 22.7 Å². The highest BCUT2D eigenvalue weighted by Crippen LogP contribution is 2.43. The smallest absolute Gasteiger partial charge is 0.119 e. The van der Waals surface area contributed by atoms with Gasteiger partial charge in [-0.3, -0.25) is 4.90 Å². The zero-order valence-electron chi connectivity index (χ0n) is 11.0. The first-order chi connectivity index (χ1) is 9.29. The van der Waals surface area contributed by atoms with Crippen molar-refractivity contribution in [3.05, 3.63) is 71.3 Å². The van der Waals surface area contributed by atoms with Crippen molar-refractivity contribution in [2.24, 2.45) is 0 Å². The van der Waals surface area contributed by atoms with Crippen LogP contribution in [0.2, 0.25) is 0 Å². The van der Waals surface area contributed by atoms with Gasteiger partial charge in [0.15, 0.2) is 0 Å². The number of nitriles is 1. The predicted molar refractivity (Wildman–Crippen MR) is 75.3 cm³/mol. The molecule has 1 fully saturated rings. The summed E-state index contributed by atoms with van der Waals surface area (Å²) in [6.07, 6.45) is 0. The fourth-order valence-corrected chi connectivity index (χ4v) is 2.55. The van der Waals surface area contributed by atoms with Crippen LogP contribution in [0.3, 0.4) is 0 Å². The Morgan fingerprint density at radius 3 is 2.37 bits per heavy atom. The minimum absolute atomic E-state index is 0.0166. The molecule has 0 radical (unpaired) electrons. The molecule has 1 aliphatic rings. The lowest BCUT2D eigenvalue weighted by molar-refractivity contribution is 0.494. The van der Waals surface area contributed by atoms with Gasteiger partial charge in [0, 0.05) is 6.54 Å². The maximum Gasteiger partial charge on any atom is 0.119 e. The first-order valence-electron chi connectivity index (χ1n) is 6.55. The summed E-state index contributed by atoms with van der Waals surface area (Å²) in [5.41, 5.74) is 3.76. The summed E-state index contributed by atoms with van der Waals surface area (Å²) >= 11 is 0. The second-order valence-corrected chi connectivity index (χ2v) is 5.09. The van der Waals surface area contributed by atoms with Gasteiger partial charge in [0.25, 0.3) is 0 Å². The molecule has 0 spiro atoms. The Balaban J connectivity index is 1.77. The maximum atomic E-state index is 9.25. The molecule has 3 atom stereocenters. The molecule has 0 aromatic heterocycles. The Morgan fingerprint density at radius 1 is 1.05 bits per heavy atom. The van der Waals surface area contributed by atoms with E-state index in [1.807, 2.05) is 18.2 Å². The summed E-state index contributed by atoms with van der Waals surface area (Å²) in [6, 6.07) is 21.5. The van der Waals surface area contributed by atoms with Gasteiger partial charge in [-0.1, -0.05) is 60.2 Å². The monoisotopic (exact) mass is 248 g/mol. The summed E-state index contributed by atoms with van der Waals surface area (Å²) in [4.78, 5) is 2.24. The van der Waals surface area contributed by atoms with Crippen LogP contribution in [-0.2, 0) is 6.54 Å². The normalized spacial score (nSPS) is 24.7. The van der Waals surface area contributed by atoms with Crippen LogP contribution in [0.4, 0.5) is 0 Å². The van der Waals surface area contributed by atoms with Crippen molar-refractivity contribution in [3.63, 3.8) is 0 Å². The van der Waals surface area contributed by atoms with Gasteiger partial charge in [-0.15, -0.1) is 0 Å². The molecule has 0 aliphatic carbocycles. The summed E-state index contributed by atoms with van der Waals surface area (Å²) in [5, 5.41) is 9.25. The van der Waals surface area contributed by atoms with E-state index >= 15 is 0 Å². The quantitative estimate of drug-likeness (QED) is 0.778. The molecule has 2 aromatic rings. The summed E-state index contributed by atoms with van der Waals surface area (Å²) in [7, 11) is 0. The first-order valence-corrected chi connectivity index (χ1v) is 6.55. The van der Waals surface area contributed by atoms with Crippen LogP contribution in [-0.4, -0.2) is 10.9 Å². The lowest BCUT2D eigenvalue weighted by Crippen LogP contribution is -2.00. The minimum Gasteiger partial charge on any atom is -0.272 e. The molecule has 0 bridgehead atoms. The number of aryl methyl sites for hydroxylation is 1. The van der Waals surface area contributed by atoms with E-state index in [0.717, 1.165) is 6.54 Å². The van der Waals surface area contributed by atoms with E-state index in [-0.39, 0.29) is 12.1 Å². The van der Waals surface area contributed by atoms with Crippen molar-refractivity contribution in [2.45, 2.75) is 25.6 Å². The highest BCUT2D eigenvalue weighted by Gasteiger charge is 2.48. The summed E-state index contributed by atoms with van der Waals surface area (Å²) in [6.45, 7) is 2.93. The Hall–Kier alpha value is -2.11. The second kappa shape index (κ2) is 4.87. The molecule has 0 saturated carbocycles. The third kappa shape index (κ3) is 2.38. The lowest BCUT2D eigenvalue weighted by Gasteiger charge is -2.04. The Bertz CT molecular complexity index is 595. The van der Waals surface area contributed by atoms with Crippen molar-refractivity contribution < 1.29 is 0 Å². The lowest BCUT2D eigenvalue weighted by atomic mass is 10.1. The molecule has 19 heavy (non-hydrogen) atoms. The molecule has 0 N–H and O–H groups in total. The maximum absolute atomic E-state index is 9.25. The second-order valence-electron chi connectivity index (χ2n) is 5.09. The SMILES string of the molecule is Cc1ccc([C@H]2[C@@H](C#N)N2Cc2ccccc2)cc1. The van der Waals surface area contributed by atoms with Gasteiger partial charge in [0.2, 0.25) is 0 Å². The van der Waals surface area contributed by atoms with Gasteiger partial charge in [0.1, 0.15) is 6.04 Å². The summed E-state index contributed by atoms with van der Waals surface area (Å²) < 4.78 is 0. The number of benzene rings is 2. The van der Waals surface area contributed by atoms with Crippen molar-refractivity contribution in [1.82, 2.24) is 4.90 Å². The number of hydrogen-bond acceptors (Lipinski definition) is 2. The van der Waals surface area contributed by atoms with E-state index in [0.29, 0.717) is 0 Å². The van der Waals surface area contributed by atoms with E-state index < -0.39 is 0 Å². The van der Waals surface area contributed by atoms with Crippen LogP contribution in [0.15, 0.2) is 54.6 Å². The molecule has 1 heterocycles. The molecule has 0 amide bonds. The number of rotatable bonds is 3. The molecule has 2 heteroatoms. The van der Waals surface area contributed by atoms with Crippen LogP contribution >= 0.6 is 0 Å². The van der Waals surface area contributed by atoms with E-state index in [9.17, 15) is 5.26 Å². The largest absolute Gasteiger partial charge is 0.272 e. The molecule has 2 nitrogen and oxygen atoms in total. The van der Waals surface area contributed by atoms with Crippen LogP contribution in [0.5, 0.6) is 0 Å². The van der Waals surface area contributed by atoms with Crippen LogP contribution in [0, 0.1) is 18.3 Å². The Kier molecular flexibility index (Phi) is 3.06. The molecule has 94 valence electrons. The fraction of sp³-hybridized carbons (Fsp3) is 0.235. The van der Waals surface area contributed by atoms with Gasteiger partial charge >= 0.3 is 0 Å². The zero-order valence-corrected chi connectivity index (χ0v) is 11.0. The molecule has 2 aromatic carbocycles. The highest BCUT2D eigenvalue weighted by molar-refractivity contribution is 5.34. The van der Waals surface area contributed by atoms with Gasteiger partial charge < -0.3 is 0 Å². The molecule has 3 rings (SSSR count). The molecular weight excluding hydrogens is 232 g/mol. The minimum atomic E-state index is 0.0166. The number of nitrogens with zero attached hydrogens (tertiary/aromatic N) is 2. The Morgan fingerprint density at radius 2 is 1.74 bits per heavy atom. The number of hydrogen-bond donors (Lipinski definition) is 0. The van der Waals surface area contributed by atoms with Gasteiger partial charge in [-0.2, -0.15) is 5.26 Å². The van der Waals surface area contributed by atoms with Crippen LogP contribution < -0.4 is 0 Å². The Labute approximate surface area is 113 Å². The van der Waals surface area contributed by atoms with E-state index in [1.165, 1.54) is 16.7 Å². The van der Waals surface area contributed by atoms with Crippen molar-refractivity contribution in [1.29, 1.82) is 5.26 Å². The van der Waals surface area contributed by atoms with E-state index in [4.69, 9.17) is 0 Å². The van der Waals surface area contributed by atoms with E-state index in [1.54, 1.807) is 0 Å². The average Bonchev–Trinajstić information content (AvgIpc) is 3.13. The molecule has 1 unspecified atom stereocenters. The summed E-state index contributed by atoms with van der Waals surface area (Å²) in [5.74, 6) is 0. The fourth-order valence-electron chi connectivity index (χ4n) is 2.55. The average molecular weight is 248 g/mol. The van der Waals surface area contributed by atoms with Crippen molar-refractivity contribution >= 4 is 0 Å². The van der Waals surface area contributed by atoms with Gasteiger partial charge in [-0.05, 0) is 18.1 Å². The third-order valence-corrected chi connectivity index (χ3v) is 3.68. The van der Waals surface area contributed by atoms with E-state index in [2.05, 4.69) is 54.3 Å². The van der Waals surface area contributed by atoms with Gasteiger partial charge in [-0.25, -0.2) is 0 Å². The third-order valence-electron chi connectivity index (χ3n) is 3.68. The van der Waals surface area contributed by atoms with Crippen molar-refractivity contribution in [2.75, 3.05) is 0 Å². The molecule has 1 saturated heterocycles. The predicted octanol–water partition coefficient (Wildman–Crippen LogP) is 3.44. The highest BCUT2D eigenvalue weighted by atomic mass is 15.3. The van der Waals surface area contributed by atoms with Crippen LogP contribution in [0.25, 0.3) is 0 Å². The standard InChI is InChI=1S/C17H16N2/c1-13-7-9-15(10-8-13)17-16(11-18)19(17)12-14-5-3-2-4-6-14/h2-10,16-17H,12H2,1H3/t16-,17+,19?/m1/s1. The van der Waals surface area contributed by atoms with Gasteiger partial charge in [0.05, 0.1) is 12.1 Å². The van der Waals surface area contributed by atoms with Crippen molar-refractivity contribution in [3.8, 4) is 6.07 Å². The molecule has 1 aliphatic heterocycles.